The first-order valence-corrected chi connectivity index (χ1v) is 5.52. The van der Waals surface area contributed by atoms with Gasteiger partial charge in [-0.05, 0) is 20.8 Å². The smallest absolute Gasteiger partial charge is 0.318 e. The number of nitrogens with zero attached hydrogens (tertiary/aromatic N) is 1. The first-order valence-electron chi connectivity index (χ1n) is 5.52. The number of urea groups is 1. The number of primary amides is 1. The van der Waals surface area contributed by atoms with Gasteiger partial charge in [0, 0.05) is 5.56 Å². The van der Waals surface area contributed by atoms with Crippen molar-refractivity contribution in [3.8, 4) is 0 Å². The Kier molecular flexibility index (Phi) is 4.62. The van der Waals surface area contributed by atoms with E-state index in [1.165, 1.54) is 6.92 Å². The van der Waals surface area contributed by atoms with Gasteiger partial charge in [-0.1, -0.05) is 5.16 Å². The minimum Gasteiger partial charge on any atom is -0.452 e. The molecule has 0 aromatic carbocycles. The zero-order valence-corrected chi connectivity index (χ0v) is 10.9. The van der Waals surface area contributed by atoms with Crippen molar-refractivity contribution in [2.75, 3.05) is 0 Å². The van der Waals surface area contributed by atoms with Crippen molar-refractivity contribution in [2.45, 2.75) is 33.3 Å². The average molecular weight is 269 g/mol. The number of nitrogens with two attached hydrogens (primary N) is 1. The molecule has 3 N–H and O–H groups in total. The Morgan fingerprint density at radius 3 is 2.53 bits per heavy atom. The predicted octanol–water partition coefficient (Wildman–Crippen LogP) is -0.0395. The lowest BCUT2D eigenvalue weighted by molar-refractivity contribution is -0.153. The molecule has 0 aliphatic rings. The van der Waals surface area contributed by atoms with Crippen molar-refractivity contribution < 1.29 is 23.6 Å². The molecule has 1 aromatic heterocycles. The minimum absolute atomic E-state index is 0.0602. The molecular formula is C11H15N3O5. The van der Waals surface area contributed by atoms with E-state index in [2.05, 4.69) is 5.16 Å². The first-order chi connectivity index (χ1) is 8.81. The molecule has 104 valence electrons. The number of ether oxygens (including phenoxy) is 1. The van der Waals surface area contributed by atoms with E-state index in [4.69, 9.17) is 15.0 Å². The predicted molar refractivity (Wildman–Crippen MR) is 63.0 cm³/mol. The van der Waals surface area contributed by atoms with E-state index in [1.807, 2.05) is 5.32 Å². The number of carbonyl (C=O) groups is 3. The standard InChI is InChI=1S/C11H15N3O5/c1-5-8(6(2)19-14-5)4-9(15)18-7(3)10(16)13-11(12)17/h7H,4H2,1-3H3,(H3,12,13,16,17)/t7-/m0/s1. The maximum Gasteiger partial charge on any atom is 0.318 e. The van der Waals surface area contributed by atoms with Gasteiger partial charge in [0.1, 0.15) is 5.76 Å². The van der Waals surface area contributed by atoms with E-state index < -0.39 is 24.0 Å². The lowest BCUT2D eigenvalue weighted by atomic mass is 10.1. The quantitative estimate of drug-likeness (QED) is 0.739. The summed E-state index contributed by atoms with van der Waals surface area (Å²) < 4.78 is 9.77. The summed E-state index contributed by atoms with van der Waals surface area (Å²) in [4.78, 5) is 33.4. The van der Waals surface area contributed by atoms with Crippen LogP contribution in [0.15, 0.2) is 4.52 Å². The summed E-state index contributed by atoms with van der Waals surface area (Å²) in [5, 5.41) is 5.52. The normalized spacial score (nSPS) is 11.7. The van der Waals surface area contributed by atoms with Crippen molar-refractivity contribution in [1.29, 1.82) is 0 Å². The highest BCUT2D eigenvalue weighted by Crippen LogP contribution is 2.13. The third kappa shape index (κ3) is 4.09. The third-order valence-corrected chi connectivity index (χ3v) is 2.43. The Morgan fingerprint density at radius 2 is 2.05 bits per heavy atom. The van der Waals surface area contributed by atoms with E-state index in [0.717, 1.165) is 0 Å². The monoisotopic (exact) mass is 269 g/mol. The summed E-state index contributed by atoms with van der Waals surface area (Å²) >= 11 is 0. The Hall–Kier alpha value is -2.38. The molecule has 0 aliphatic heterocycles. The summed E-state index contributed by atoms with van der Waals surface area (Å²) in [6, 6.07) is -1.00. The Labute approximate surface area is 109 Å². The molecule has 1 rings (SSSR count). The molecule has 8 nitrogen and oxygen atoms in total. The number of carbonyl (C=O) groups excluding carboxylic acids is 3. The zero-order chi connectivity index (χ0) is 14.6. The second-order valence-corrected chi connectivity index (χ2v) is 3.97. The molecule has 0 aliphatic carbocycles. The average Bonchev–Trinajstić information content (AvgIpc) is 2.59. The van der Waals surface area contributed by atoms with Crippen molar-refractivity contribution >= 4 is 17.9 Å². The van der Waals surface area contributed by atoms with Gasteiger partial charge in [-0.15, -0.1) is 0 Å². The lowest BCUT2D eigenvalue weighted by Crippen LogP contribution is -2.42. The molecule has 0 saturated heterocycles. The molecule has 0 saturated carbocycles. The number of aryl methyl sites for hydroxylation is 2. The zero-order valence-electron chi connectivity index (χ0n) is 10.9. The summed E-state index contributed by atoms with van der Waals surface area (Å²) in [7, 11) is 0. The van der Waals surface area contributed by atoms with Crippen molar-refractivity contribution in [1.82, 2.24) is 10.5 Å². The topological polar surface area (TPSA) is 125 Å². The highest BCUT2D eigenvalue weighted by atomic mass is 16.5. The number of imide groups is 1. The summed E-state index contributed by atoms with van der Waals surface area (Å²) in [5.41, 5.74) is 5.98. The SMILES string of the molecule is Cc1noc(C)c1CC(=O)O[C@@H](C)C(=O)NC(N)=O. The lowest BCUT2D eigenvalue weighted by Gasteiger charge is -2.11. The van der Waals surface area contributed by atoms with Crippen LogP contribution < -0.4 is 11.1 Å². The van der Waals surface area contributed by atoms with Crippen LogP contribution in [0.3, 0.4) is 0 Å². The van der Waals surface area contributed by atoms with Gasteiger partial charge in [0.2, 0.25) is 0 Å². The molecule has 1 heterocycles. The fraction of sp³-hybridized carbons (Fsp3) is 0.455. The molecule has 0 bridgehead atoms. The van der Waals surface area contributed by atoms with E-state index >= 15 is 0 Å². The van der Waals surface area contributed by atoms with Crippen LogP contribution in [0.1, 0.15) is 23.9 Å². The van der Waals surface area contributed by atoms with Gasteiger partial charge in [0.15, 0.2) is 6.10 Å². The first kappa shape index (κ1) is 14.7. The summed E-state index contributed by atoms with van der Waals surface area (Å²) in [6.07, 6.45) is -1.17. The number of amides is 3. The van der Waals surface area contributed by atoms with E-state index in [0.29, 0.717) is 17.0 Å². The molecule has 3 amide bonds. The van der Waals surface area contributed by atoms with Crippen LogP contribution in [0.2, 0.25) is 0 Å². The molecule has 1 aromatic rings. The summed E-state index contributed by atoms with van der Waals surface area (Å²) in [6.45, 7) is 4.71. The van der Waals surface area contributed by atoms with Crippen LogP contribution in [0.5, 0.6) is 0 Å². The van der Waals surface area contributed by atoms with Gasteiger partial charge in [0.05, 0.1) is 12.1 Å². The largest absolute Gasteiger partial charge is 0.452 e. The van der Waals surface area contributed by atoms with Crippen LogP contribution in [-0.4, -0.2) is 29.2 Å². The second kappa shape index (κ2) is 5.98. The van der Waals surface area contributed by atoms with Gasteiger partial charge >= 0.3 is 12.0 Å². The van der Waals surface area contributed by atoms with Crippen LogP contribution in [0, 0.1) is 13.8 Å². The maximum absolute atomic E-state index is 11.6. The van der Waals surface area contributed by atoms with Gasteiger partial charge < -0.3 is 15.0 Å². The Balaban J connectivity index is 2.56. The van der Waals surface area contributed by atoms with E-state index in [1.54, 1.807) is 13.8 Å². The van der Waals surface area contributed by atoms with Crippen LogP contribution in [0.4, 0.5) is 4.79 Å². The minimum atomic E-state index is -1.11. The maximum atomic E-state index is 11.6. The second-order valence-electron chi connectivity index (χ2n) is 3.97. The van der Waals surface area contributed by atoms with Crippen LogP contribution in [-0.2, 0) is 20.7 Å². The summed E-state index contributed by atoms with van der Waals surface area (Å²) in [5.74, 6) is -0.884. The van der Waals surface area contributed by atoms with Crippen molar-refractivity contribution in [2.24, 2.45) is 5.73 Å². The number of hydrogen-bond donors (Lipinski definition) is 2. The number of aromatic nitrogens is 1. The molecule has 1 atom stereocenters. The highest BCUT2D eigenvalue weighted by Gasteiger charge is 2.21. The van der Waals surface area contributed by atoms with Crippen molar-refractivity contribution in [3.63, 3.8) is 0 Å². The fourth-order valence-electron chi connectivity index (χ4n) is 1.41. The molecule has 19 heavy (non-hydrogen) atoms. The highest BCUT2D eigenvalue weighted by molar-refractivity contribution is 5.96. The number of rotatable bonds is 4. The van der Waals surface area contributed by atoms with Gasteiger partial charge in [0.25, 0.3) is 5.91 Å². The third-order valence-electron chi connectivity index (χ3n) is 2.43. The molecular weight excluding hydrogens is 254 g/mol. The fourth-order valence-corrected chi connectivity index (χ4v) is 1.41. The van der Waals surface area contributed by atoms with Gasteiger partial charge in [-0.3, -0.25) is 14.9 Å². The van der Waals surface area contributed by atoms with E-state index in [-0.39, 0.29) is 6.42 Å². The van der Waals surface area contributed by atoms with Gasteiger partial charge in [-0.25, -0.2) is 4.79 Å². The Bertz CT molecular complexity index is 489. The number of nitrogens with one attached hydrogen (secondary N) is 1. The molecule has 8 heteroatoms. The Morgan fingerprint density at radius 1 is 1.42 bits per heavy atom. The van der Waals surface area contributed by atoms with Crippen LogP contribution >= 0.6 is 0 Å². The number of esters is 1. The van der Waals surface area contributed by atoms with Crippen molar-refractivity contribution in [3.05, 3.63) is 17.0 Å². The molecule has 0 fully saturated rings. The molecule has 0 radical (unpaired) electrons. The molecule has 0 unspecified atom stereocenters. The van der Waals surface area contributed by atoms with E-state index in [9.17, 15) is 14.4 Å². The number of hydrogen-bond acceptors (Lipinski definition) is 6. The van der Waals surface area contributed by atoms with Gasteiger partial charge in [-0.2, -0.15) is 0 Å². The van der Waals surface area contributed by atoms with Crippen LogP contribution in [0.25, 0.3) is 0 Å². The molecule has 0 spiro atoms.